The van der Waals surface area contributed by atoms with E-state index in [1.54, 1.807) is 6.07 Å². The van der Waals surface area contributed by atoms with Gasteiger partial charge in [0.15, 0.2) is 0 Å². The van der Waals surface area contributed by atoms with Crippen molar-refractivity contribution in [1.82, 2.24) is 10.6 Å². The van der Waals surface area contributed by atoms with Gasteiger partial charge in [0.25, 0.3) is 5.91 Å². The molecule has 4 heteroatoms. The van der Waals surface area contributed by atoms with E-state index < -0.39 is 6.04 Å². The molecule has 4 nitrogen and oxygen atoms in total. The molecule has 0 spiro atoms. The number of hydrogen-bond donors (Lipinski definition) is 2. The molecule has 138 valence electrons. The Kier molecular flexibility index (Phi) is 7.48. The molecule has 1 aliphatic carbocycles. The minimum atomic E-state index is -0.477. The zero-order valence-corrected chi connectivity index (χ0v) is 15.8. The zero-order chi connectivity index (χ0) is 18.2. The number of carbonyl (C=O) groups excluding carboxylic acids is 2. The summed E-state index contributed by atoms with van der Waals surface area (Å²) in [5.41, 5.74) is 1.56. The van der Waals surface area contributed by atoms with Crippen LogP contribution in [-0.4, -0.2) is 23.9 Å². The van der Waals surface area contributed by atoms with Crippen LogP contribution in [0.5, 0.6) is 0 Å². The second-order valence-electron chi connectivity index (χ2n) is 7.67. The molecule has 1 aromatic carbocycles. The fourth-order valence-electron chi connectivity index (χ4n) is 3.49. The molecular weight excluding hydrogens is 312 g/mol. The van der Waals surface area contributed by atoms with Crippen molar-refractivity contribution in [3.8, 4) is 0 Å². The van der Waals surface area contributed by atoms with E-state index in [1.165, 1.54) is 25.7 Å². The first kappa shape index (κ1) is 19.5. The van der Waals surface area contributed by atoms with Gasteiger partial charge in [-0.3, -0.25) is 9.59 Å². The molecule has 2 amide bonds. The van der Waals surface area contributed by atoms with Crippen LogP contribution in [0.15, 0.2) is 24.3 Å². The molecule has 1 atom stereocenters. The normalized spacial score (nSPS) is 17.0. The second-order valence-corrected chi connectivity index (χ2v) is 7.67. The van der Waals surface area contributed by atoms with Gasteiger partial charge in [-0.05, 0) is 43.7 Å². The van der Waals surface area contributed by atoms with E-state index >= 15 is 0 Å². The van der Waals surface area contributed by atoms with Crippen molar-refractivity contribution in [3.05, 3.63) is 35.4 Å². The number of nitrogens with one attached hydrogen (secondary N) is 2. The lowest BCUT2D eigenvalue weighted by Gasteiger charge is -2.24. The fraction of sp³-hybridized carbons (Fsp3) is 0.619. The number of hydrogen-bond acceptors (Lipinski definition) is 2. The van der Waals surface area contributed by atoms with Crippen LogP contribution in [0.3, 0.4) is 0 Å². The maximum atomic E-state index is 12.8. The monoisotopic (exact) mass is 344 g/mol. The molecule has 25 heavy (non-hydrogen) atoms. The number of rotatable bonds is 6. The first-order valence-corrected chi connectivity index (χ1v) is 9.64. The Labute approximate surface area is 151 Å². The molecule has 1 aliphatic rings. The van der Waals surface area contributed by atoms with Gasteiger partial charge in [0.2, 0.25) is 5.91 Å². The van der Waals surface area contributed by atoms with E-state index in [4.69, 9.17) is 0 Å². The first-order valence-electron chi connectivity index (χ1n) is 9.64. The van der Waals surface area contributed by atoms with Crippen LogP contribution in [0.4, 0.5) is 0 Å². The highest BCUT2D eigenvalue weighted by Crippen LogP contribution is 2.18. The molecule has 1 unspecified atom stereocenters. The Morgan fingerprint density at radius 1 is 1.08 bits per heavy atom. The van der Waals surface area contributed by atoms with Crippen LogP contribution in [0, 0.1) is 12.8 Å². The first-order chi connectivity index (χ1) is 12.0. The van der Waals surface area contributed by atoms with Gasteiger partial charge in [-0.25, -0.2) is 0 Å². The number of aryl methyl sites for hydroxylation is 1. The Balaban J connectivity index is 2.03. The van der Waals surface area contributed by atoms with Crippen LogP contribution >= 0.6 is 0 Å². The van der Waals surface area contributed by atoms with Gasteiger partial charge in [0.1, 0.15) is 6.04 Å². The third-order valence-corrected chi connectivity index (χ3v) is 4.92. The standard InChI is InChI=1S/C21H32N2O2/c1-15(2)14-19(21(25)22-17-11-6-4-5-7-12-17)23-20(24)18-13-9-8-10-16(18)3/h8-10,13,15,17,19H,4-7,11-12,14H2,1-3H3,(H,22,25)(H,23,24). The van der Waals surface area contributed by atoms with Crippen molar-refractivity contribution in [2.45, 2.75) is 77.8 Å². The SMILES string of the molecule is Cc1ccccc1C(=O)NC(CC(C)C)C(=O)NC1CCCCCC1. The van der Waals surface area contributed by atoms with Gasteiger partial charge < -0.3 is 10.6 Å². The topological polar surface area (TPSA) is 58.2 Å². The molecule has 0 radical (unpaired) electrons. The predicted octanol–water partition coefficient (Wildman–Crippen LogP) is 3.98. The number of benzene rings is 1. The van der Waals surface area contributed by atoms with Crippen LogP contribution in [0.1, 0.15) is 74.7 Å². The summed E-state index contributed by atoms with van der Waals surface area (Å²) in [6, 6.07) is 7.26. The summed E-state index contributed by atoms with van der Waals surface area (Å²) < 4.78 is 0. The van der Waals surface area contributed by atoms with E-state index in [2.05, 4.69) is 24.5 Å². The minimum Gasteiger partial charge on any atom is -0.352 e. The summed E-state index contributed by atoms with van der Waals surface area (Å²) in [5.74, 6) is 0.129. The molecule has 0 aromatic heterocycles. The average molecular weight is 344 g/mol. The third kappa shape index (κ3) is 6.18. The Morgan fingerprint density at radius 3 is 2.32 bits per heavy atom. The molecule has 2 N–H and O–H groups in total. The maximum absolute atomic E-state index is 12.8. The molecule has 0 heterocycles. The average Bonchev–Trinajstić information content (AvgIpc) is 2.82. The molecule has 0 aliphatic heterocycles. The van der Waals surface area contributed by atoms with Crippen molar-refractivity contribution >= 4 is 11.8 Å². The fourth-order valence-corrected chi connectivity index (χ4v) is 3.49. The minimum absolute atomic E-state index is 0.0393. The van der Waals surface area contributed by atoms with Crippen molar-refractivity contribution in [1.29, 1.82) is 0 Å². The summed E-state index contributed by atoms with van der Waals surface area (Å²) in [4.78, 5) is 25.4. The molecular formula is C21H32N2O2. The van der Waals surface area contributed by atoms with Gasteiger partial charge in [-0.2, -0.15) is 0 Å². The van der Waals surface area contributed by atoms with Crippen LogP contribution in [0.25, 0.3) is 0 Å². The Bertz CT molecular complexity index is 575. The molecule has 1 fully saturated rings. The molecule has 2 rings (SSSR count). The molecule has 0 saturated heterocycles. The van der Waals surface area contributed by atoms with Crippen molar-refractivity contribution in [2.24, 2.45) is 5.92 Å². The second kappa shape index (κ2) is 9.59. The van der Waals surface area contributed by atoms with Crippen LogP contribution in [0.2, 0.25) is 0 Å². The number of amides is 2. The lowest BCUT2D eigenvalue weighted by Crippen LogP contribution is -2.50. The number of carbonyl (C=O) groups is 2. The highest BCUT2D eigenvalue weighted by atomic mass is 16.2. The molecule has 1 aromatic rings. The maximum Gasteiger partial charge on any atom is 0.252 e. The van der Waals surface area contributed by atoms with E-state index in [-0.39, 0.29) is 17.9 Å². The largest absolute Gasteiger partial charge is 0.352 e. The van der Waals surface area contributed by atoms with Crippen molar-refractivity contribution < 1.29 is 9.59 Å². The van der Waals surface area contributed by atoms with E-state index in [0.717, 1.165) is 18.4 Å². The smallest absolute Gasteiger partial charge is 0.252 e. The van der Waals surface area contributed by atoms with Crippen LogP contribution in [-0.2, 0) is 4.79 Å². The lowest BCUT2D eigenvalue weighted by atomic mass is 10.0. The van der Waals surface area contributed by atoms with Gasteiger partial charge >= 0.3 is 0 Å². The van der Waals surface area contributed by atoms with Gasteiger partial charge in [-0.15, -0.1) is 0 Å². The van der Waals surface area contributed by atoms with E-state index in [1.807, 2.05) is 25.1 Å². The van der Waals surface area contributed by atoms with Gasteiger partial charge in [-0.1, -0.05) is 57.7 Å². The predicted molar refractivity (Wildman–Crippen MR) is 102 cm³/mol. The van der Waals surface area contributed by atoms with Crippen molar-refractivity contribution in [3.63, 3.8) is 0 Å². The highest BCUT2D eigenvalue weighted by Gasteiger charge is 2.25. The van der Waals surface area contributed by atoms with Crippen LogP contribution < -0.4 is 10.6 Å². The Hall–Kier alpha value is -1.84. The summed E-state index contributed by atoms with van der Waals surface area (Å²) in [6.45, 7) is 6.07. The van der Waals surface area contributed by atoms with Gasteiger partial charge in [0.05, 0.1) is 0 Å². The van der Waals surface area contributed by atoms with Crippen molar-refractivity contribution in [2.75, 3.05) is 0 Å². The summed E-state index contributed by atoms with van der Waals surface area (Å²) in [5, 5.41) is 6.14. The summed E-state index contributed by atoms with van der Waals surface area (Å²) >= 11 is 0. The lowest BCUT2D eigenvalue weighted by molar-refractivity contribution is -0.124. The molecule has 0 bridgehead atoms. The third-order valence-electron chi connectivity index (χ3n) is 4.92. The summed E-state index contributed by atoms with van der Waals surface area (Å²) in [7, 11) is 0. The van der Waals surface area contributed by atoms with E-state index in [9.17, 15) is 9.59 Å². The molecule has 1 saturated carbocycles. The quantitative estimate of drug-likeness (QED) is 0.767. The Morgan fingerprint density at radius 2 is 1.72 bits per heavy atom. The highest BCUT2D eigenvalue weighted by molar-refractivity contribution is 5.98. The summed E-state index contributed by atoms with van der Waals surface area (Å²) in [6.07, 6.45) is 7.61. The zero-order valence-electron chi connectivity index (χ0n) is 15.8. The van der Waals surface area contributed by atoms with Gasteiger partial charge in [0, 0.05) is 11.6 Å². The van der Waals surface area contributed by atoms with E-state index in [0.29, 0.717) is 17.9 Å².